The first-order valence-corrected chi connectivity index (χ1v) is 7.00. The fourth-order valence-electron chi connectivity index (χ4n) is 3.48. The van der Waals surface area contributed by atoms with Crippen molar-refractivity contribution in [3.8, 4) is 0 Å². The molecule has 1 saturated carbocycles. The minimum atomic E-state index is 0.439. The minimum Gasteiger partial charge on any atom is -0.381 e. The average Bonchev–Trinajstić information content (AvgIpc) is 2.26. The van der Waals surface area contributed by atoms with Crippen LogP contribution in [0.25, 0.3) is 0 Å². The van der Waals surface area contributed by atoms with Crippen LogP contribution >= 0.6 is 0 Å². The maximum Gasteiger partial charge on any atom is 0.0571 e. The van der Waals surface area contributed by atoms with Crippen molar-refractivity contribution in [3.05, 3.63) is 0 Å². The molecule has 0 aromatic heterocycles. The molecule has 4 unspecified atom stereocenters. The van der Waals surface area contributed by atoms with Gasteiger partial charge in [-0.25, -0.2) is 0 Å². The van der Waals surface area contributed by atoms with Crippen molar-refractivity contribution in [2.45, 2.75) is 60.0 Å². The molecule has 0 aromatic rings. The van der Waals surface area contributed by atoms with Crippen molar-refractivity contribution >= 4 is 0 Å². The maximum atomic E-state index is 5.51. The van der Waals surface area contributed by atoms with Crippen LogP contribution in [0.1, 0.15) is 53.9 Å². The van der Waals surface area contributed by atoms with E-state index >= 15 is 0 Å². The SMILES string of the molecule is COC(C)C1CCC(C(C)C)C(C(C)C)C1. The second kappa shape index (κ2) is 6.05. The van der Waals surface area contributed by atoms with Gasteiger partial charge in [-0.2, -0.15) is 0 Å². The molecule has 0 spiro atoms. The van der Waals surface area contributed by atoms with E-state index in [4.69, 9.17) is 4.74 Å². The van der Waals surface area contributed by atoms with Gasteiger partial charge in [0.15, 0.2) is 0 Å². The summed E-state index contributed by atoms with van der Waals surface area (Å²) >= 11 is 0. The van der Waals surface area contributed by atoms with E-state index in [0.717, 1.165) is 29.6 Å². The van der Waals surface area contributed by atoms with E-state index in [1.807, 2.05) is 7.11 Å². The summed E-state index contributed by atoms with van der Waals surface area (Å²) in [5.74, 6) is 4.27. The third kappa shape index (κ3) is 3.23. The van der Waals surface area contributed by atoms with Gasteiger partial charge in [-0.05, 0) is 55.8 Å². The van der Waals surface area contributed by atoms with Gasteiger partial charge in [0.2, 0.25) is 0 Å². The molecule has 1 aliphatic rings. The van der Waals surface area contributed by atoms with E-state index in [9.17, 15) is 0 Å². The van der Waals surface area contributed by atoms with Gasteiger partial charge in [0.1, 0.15) is 0 Å². The van der Waals surface area contributed by atoms with E-state index in [1.165, 1.54) is 19.3 Å². The lowest BCUT2D eigenvalue weighted by atomic mass is 9.65. The van der Waals surface area contributed by atoms with Crippen molar-refractivity contribution in [3.63, 3.8) is 0 Å². The van der Waals surface area contributed by atoms with Gasteiger partial charge in [0, 0.05) is 7.11 Å². The predicted molar refractivity (Wildman–Crippen MR) is 70.5 cm³/mol. The molecule has 0 heterocycles. The van der Waals surface area contributed by atoms with Gasteiger partial charge in [0.25, 0.3) is 0 Å². The van der Waals surface area contributed by atoms with Crippen LogP contribution in [0.3, 0.4) is 0 Å². The lowest BCUT2D eigenvalue weighted by Crippen LogP contribution is -2.35. The molecule has 0 aliphatic heterocycles. The normalized spacial score (nSPS) is 33.4. The molecule has 0 amide bonds. The summed E-state index contributed by atoms with van der Waals surface area (Å²) in [5, 5.41) is 0. The number of hydrogen-bond acceptors (Lipinski definition) is 1. The molecule has 1 nitrogen and oxygen atoms in total. The molecule has 96 valence electrons. The highest BCUT2D eigenvalue weighted by Crippen LogP contribution is 2.43. The molecule has 16 heavy (non-hydrogen) atoms. The zero-order valence-electron chi connectivity index (χ0n) is 12.0. The molecule has 1 rings (SSSR count). The van der Waals surface area contributed by atoms with E-state index < -0.39 is 0 Å². The van der Waals surface area contributed by atoms with Crippen LogP contribution in [0, 0.1) is 29.6 Å². The standard InChI is InChI=1S/C15H30O/c1-10(2)14-8-7-13(12(5)16-6)9-15(14)11(3)4/h10-15H,7-9H2,1-6H3. The summed E-state index contributed by atoms with van der Waals surface area (Å²) in [4.78, 5) is 0. The molecular formula is C15H30O. The number of hydrogen-bond donors (Lipinski definition) is 0. The monoisotopic (exact) mass is 226 g/mol. The fraction of sp³-hybridized carbons (Fsp3) is 1.00. The van der Waals surface area contributed by atoms with Crippen LogP contribution in [-0.4, -0.2) is 13.2 Å². The van der Waals surface area contributed by atoms with Crippen LogP contribution < -0.4 is 0 Å². The Morgan fingerprint density at radius 3 is 1.88 bits per heavy atom. The highest BCUT2D eigenvalue weighted by atomic mass is 16.5. The molecule has 0 radical (unpaired) electrons. The summed E-state index contributed by atoms with van der Waals surface area (Å²) in [7, 11) is 1.85. The quantitative estimate of drug-likeness (QED) is 0.692. The second-order valence-corrected chi connectivity index (χ2v) is 6.33. The third-order valence-corrected chi connectivity index (χ3v) is 4.74. The minimum absolute atomic E-state index is 0.439. The summed E-state index contributed by atoms with van der Waals surface area (Å²) < 4.78 is 5.51. The van der Waals surface area contributed by atoms with Crippen molar-refractivity contribution in [1.29, 1.82) is 0 Å². The van der Waals surface area contributed by atoms with E-state index in [-0.39, 0.29) is 0 Å². The van der Waals surface area contributed by atoms with Crippen LogP contribution in [0.15, 0.2) is 0 Å². The first-order chi connectivity index (χ1) is 7.47. The molecule has 4 atom stereocenters. The molecule has 0 bridgehead atoms. The lowest BCUT2D eigenvalue weighted by molar-refractivity contribution is 0.00667. The molecular weight excluding hydrogens is 196 g/mol. The highest BCUT2D eigenvalue weighted by molar-refractivity contribution is 4.85. The molecule has 1 fully saturated rings. The predicted octanol–water partition coefficient (Wildman–Crippen LogP) is 4.37. The Kier molecular flexibility index (Phi) is 5.30. The topological polar surface area (TPSA) is 9.23 Å². The van der Waals surface area contributed by atoms with Crippen molar-refractivity contribution in [2.75, 3.05) is 7.11 Å². The van der Waals surface area contributed by atoms with Crippen LogP contribution in [0.4, 0.5) is 0 Å². The Morgan fingerprint density at radius 2 is 1.44 bits per heavy atom. The van der Waals surface area contributed by atoms with Crippen LogP contribution in [0.5, 0.6) is 0 Å². The van der Waals surface area contributed by atoms with E-state index in [1.54, 1.807) is 0 Å². The Bertz CT molecular complexity index is 198. The fourth-order valence-corrected chi connectivity index (χ4v) is 3.48. The molecule has 0 aromatic carbocycles. The first kappa shape index (κ1) is 14.0. The summed E-state index contributed by atoms with van der Waals surface area (Å²) in [5.41, 5.74) is 0. The summed E-state index contributed by atoms with van der Waals surface area (Å²) in [6.45, 7) is 11.8. The van der Waals surface area contributed by atoms with Crippen molar-refractivity contribution < 1.29 is 4.74 Å². The Morgan fingerprint density at radius 1 is 0.875 bits per heavy atom. The molecule has 0 saturated heterocycles. The zero-order chi connectivity index (χ0) is 12.3. The highest BCUT2D eigenvalue weighted by Gasteiger charge is 2.35. The summed E-state index contributed by atoms with van der Waals surface area (Å²) in [6, 6.07) is 0. The molecule has 1 heteroatoms. The maximum absolute atomic E-state index is 5.51. The van der Waals surface area contributed by atoms with E-state index in [2.05, 4.69) is 34.6 Å². The largest absolute Gasteiger partial charge is 0.381 e. The lowest BCUT2D eigenvalue weighted by Gasteiger charge is -2.42. The van der Waals surface area contributed by atoms with Gasteiger partial charge in [-0.15, -0.1) is 0 Å². The zero-order valence-corrected chi connectivity index (χ0v) is 12.0. The smallest absolute Gasteiger partial charge is 0.0571 e. The number of ether oxygens (including phenoxy) is 1. The Balaban J connectivity index is 2.65. The van der Waals surface area contributed by atoms with Gasteiger partial charge in [-0.3, -0.25) is 0 Å². The van der Waals surface area contributed by atoms with Gasteiger partial charge in [0.05, 0.1) is 6.10 Å². The Hall–Kier alpha value is -0.0400. The Labute approximate surface area is 102 Å². The molecule has 0 N–H and O–H groups in total. The van der Waals surface area contributed by atoms with E-state index in [0.29, 0.717) is 6.10 Å². The third-order valence-electron chi connectivity index (χ3n) is 4.74. The number of methoxy groups -OCH3 is 1. The van der Waals surface area contributed by atoms with Crippen molar-refractivity contribution in [2.24, 2.45) is 29.6 Å². The average molecular weight is 226 g/mol. The van der Waals surface area contributed by atoms with Gasteiger partial charge >= 0.3 is 0 Å². The van der Waals surface area contributed by atoms with Crippen molar-refractivity contribution in [1.82, 2.24) is 0 Å². The summed E-state index contributed by atoms with van der Waals surface area (Å²) in [6.07, 6.45) is 4.57. The van der Waals surface area contributed by atoms with Crippen LogP contribution in [0.2, 0.25) is 0 Å². The number of rotatable bonds is 4. The van der Waals surface area contributed by atoms with Crippen LogP contribution in [-0.2, 0) is 4.74 Å². The molecule has 1 aliphatic carbocycles. The van der Waals surface area contributed by atoms with Gasteiger partial charge in [-0.1, -0.05) is 27.7 Å². The first-order valence-electron chi connectivity index (χ1n) is 7.00. The van der Waals surface area contributed by atoms with Gasteiger partial charge < -0.3 is 4.74 Å². The second-order valence-electron chi connectivity index (χ2n) is 6.33.